The van der Waals surface area contributed by atoms with E-state index in [1.165, 1.54) is 0 Å². The molecule has 2 rings (SSSR count). The second kappa shape index (κ2) is 6.92. The van der Waals surface area contributed by atoms with Crippen molar-refractivity contribution in [1.29, 1.82) is 0 Å². The topological polar surface area (TPSA) is 95.9 Å². The SMILES string of the molecule is CC(C)OC(=O)[C@@](N)(CC(C)(C)C)c1ccc(-c2nnnn2C)cc1. The molecular formula is C18H27N5O2. The van der Waals surface area contributed by atoms with Gasteiger partial charge in [-0.15, -0.1) is 5.10 Å². The fourth-order valence-corrected chi connectivity index (χ4v) is 2.84. The van der Waals surface area contributed by atoms with E-state index in [0.717, 1.165) is 5.56 Å². The van der Waals surface area contributed by atoms with Crippen molar-refractivity contribution in [3.63, 3.8) is 0 Å². The summed E-state index contributed by atoms with van der Waals surface area (Å²) in [6.07, 6.45) is 0.246. The van der Waals surface area contributed by atoms with Crippen LogP contribution in [0.15, 0.2) is 24.3 Å². The summed E-state index contributed by atoms with van der Waals surface area (Å²) >= 11 is 0. The van der Waals surface area contributed by atoms with Gasteiger partial charge in [0.2, 0.25) is 0 Å². The molecule has 1 aromatic heterocycles. The van der Waals surface area contributed by atoms with Crippen molar-refractivity contribution in [2.24, 2.45) is 18.2 Å². The minimum atomic E-state index is -1.21. The van der Waals surface area contributed by atoms with Gasteiger partial charge in [-0.25, -0.2) is 9.48 Å². The Hall–Kier alpha value is -2.28. The third-order valence-corrected chi connectivity index (χ3v) is 3.79. The number of aromatic nitrogens is 4. The largest absolute Gasteiger partial charge is 0.461 e. The number of carbonyl (C=O) groups is 1. The Kier molecular flexibility index (Phi) is 5.27. The minimum Gasteiger partial charge on any atom is -0.461 e. The van der Waals surface area contributed by atoms with Gasteiger partial charge in [0.05, 0.1) is 6.10 Å². The molecule has 25 heavy (non-hydrogen) atoms. The molecule has 0 amide bonds. The molecule has 1 atom stereocenters. The first-order valence-electron chi connectivity index (χ1n) is 8.36. The van der Waals surface area contributed by atoms with Crippen LogP contribution in [-0.2, 0) is 22.1 Å². The predicted molar refractivity (Wildman–Crippen MR) is 95.4 cm³/mol. The third kappa shape index (κ3) is 4.42. The maximum Gasteiger partial charge on any atom is 0.331 e. The summed E-state index contributed by atoms with van der Waals surface area (Å²) < 4.78 is 7.03. The smallest absolute Gasteiger partial charge is 0.331 e. The molecular weight excluding hydrogens is 318 g/mol. The van der Waals surface area contributed by atoms with Crippen LogP contribution in [0, 0.1) is 5.41 Å². The number of benzene rings is 1. The van der Waals surface area contributed by atoms with Gasteiger partial charge in [0.25, 0.3) is 0 Å². The van der Waals surface area contributed by atoms with Gasteiger partial charge in [-0.2, -0.15) is 0 Å². The molecule has 0 radical (unpaired) electrons. The predicted octanol–water partition coefficient (Wildman–Crippen LogP) is 2.42. The highest BCUT2D eigenvalue weighted by molar-refractivity contribution is 5.83. The lowest BCUT2D eigenvalue weighted by Gasteiger charge is -2.34. The number of hydrogen-bond donors (Lipinski definition) is 1. The molecule has 2 N–H and O–H groups in total. The van der Waals surface area contributed by atoms with Crippen LogP contribution >= 0.6 is 0 Å². The number of aryl methyl sites for hydroxylation is 1. The highest BCUT2D eigenvalue weighted by Crippen LogP contribution is 2.35. The van der Waals surface area contributed by atoms with Gasteiger partial charge in [-0.1, -0.05) is 45.0 Å². The molecule has 0 aliphatic heterocycles. The van der Waals surface area contributed by atoms with Gasteiger partial charge in [0.1, 0.15) is 5.54 Å². The molecule has 7 nitrogen and oxygen atoms in total. The first kappa shape index (κ1) is 19.1. The van der Waals surface area contributed by atoms with E-state index in [0.29, 0.717) is 17.8 Å². The Balaban J connectivity index is 2.40. The summed E-state index contributed by atoms with van der Waals surface area (Å²) in [7, 11) is 1.77. The van der Waals surface area contributed by atoms with E-state index in [1.54, 1.807) is 11.7 Å². The summed E-state index contributed by atoms with van der Waals surface area (Å²) in [6, 6.07) is 7.43. The molecule has 0 aliphatic rings. The maximum atomic E-state index is 12.7. The summed E-state index contributed by atoms with van der Waals surface area (Å²) in [4.78, 5) is 12.7. The molecule has 0 saturated heterocycles. The van der Waals surface area contributed by atoms with Crippen molar-refractivity contribution in [3.05, 3.63) is 29.8 Å². The average molecular weight is 345 g/mol. The number of rotatable bonds is 5. The lowest BCUT2D eigenvalue weighted by molar-refractivity contribution is -0.156. The zero-order valence-corrected chi connectivity index (χ0v) is 15.8. The van der Waals surface area contributed by atoms with Gasteiger partial charge < -0.3 is 10.5 Å². The van der Waals surface area contributed by atoms with Crippen LogP contribution in [0.25, 0.3) is 11.4 Å². The lowest BCUT2D eigenvalue weighted by atomic mass is 9.76. The summed E-state index contributed by atoms with van der Waals surface area (Å²) in [5, 5.41) is 11.5. The van der Waals surface area contributed by atoms with Crippen LogP contribution in [-0.4, -0.2) is 32.3 Å². The molecule has 1 heterocycles. The molecule has 0 unspecified atom stereocenters. The van der Waals surface area contributed by atoms with Crippen LogP contribution in [0.2, 0.25) is 0 Å². The lowest BCUT2D eigenvalue weighted by Crippen LogP contribution is -2.49. The van der Waals surface area contributed by atoms with E-state index in [4.69, 9.17) is 10.5 Å². The summed E-state index contributed by atoms with van der Waals surface area (Å²) in [5.41, 5.74) is 6.79. The normalized spacial score (nSPS) is 14.4. The average Bonchev–Trinajstić information content (AvgIpc) is 2.91. The fraction of sp³-hybridized carbons (Fsp3) is 0.556. The molecule has 0 bridgehead atoms. The molecule has 0 fully saturated rings. The Morgan fingerprint density at radius 1 is 1.24 bits per heavy atom. The Morgan fingerprint density at radius 3 is 2.28 bits per heavy atom. The fourth-order valence-electron chi connectivity index (χ4n) is 2.84. The summed E-state index contributed by atoms with van der Waals surface area (Å²) in [6.45, 7) is 9.80. The molecule has 7 heteroatoms. The van der Waals surface area contributed by atoms with E-state index in [1.807, 2.05) is 38.1 Å². The number of tetrazole rings is 1. The Bertz CT molecular complexity index is 731. The van der Waals surface area contributed by atoms with Crippen LogP contribution < -0.4 is 5.73 Å². The highest BCUT2D eigenvalue weighted by atomic mass is 16.5. The standard InChI is InChI=1S/C18H27N5O2/c1-12(2)25-16(24)18(19,11-17(3,4)5)14-9-7-13(8-10-14)15-20-21-22-23(15)6/h7-10,12H,11,19H2,1-6H3/t18-/m1/s1. The number of hydrogen-bond acceptors (Lipinski definition) is 6. The second-order valence-corrected chi connectivity index (χ2v) is 7.87. The molecule has 0 saturated carbocycles. The van der Waals surface area contributed by atoms with E-state index in [2.05, 4.69) is 36.3 Å². The molecule has 0 spiro atoms. The van der Waals surface area contributed by atoms with Crippen molar-refractivity contribution in [3.8, 4) is 11.4 Å². The zero-order valence-electron chi connectivity index (χ0n) is 15.8. The molecule has 136 valence electrons. The number of carbonyl (C=O) groups excluding carboxylic acids is 1. The molecule has 1 aromatic carbocycles. The van der Waals surface area contributed by atoms with Gasteiger partial charge in [0, 0.05) is 12.6 Å². The van der Waals surface area contributed by atoms with Crippen LogP contribution in [0.5, 0.6) is 0 Å². The summed E-state index contributed by atoms with van der Waals surface area (Å²) in [5.74, 6) is 0.236. The van der Waals surface area contributed by atoms with Crippen LogP contribution in [0.4, 0.5) is 0 Å². The van der Waals surface area contributed by atoms with Crippen molar-refractivity contribution < 1.29 is 9.53 Å². The highest BCUT2D eigenvalue weighted by Gasteiger charge is 2.41. The van der Waals surface area contributed by atoms with E-state index in [9.17, 15) is 4.79 Å². The zero-order chi connectivity index (χ0) is 18.8. The first-order valence-corrected chi connectivity index (χ1v) is 8.36. The van der Waals surface area contributed by atoms with Gasteiger partial charge in [0.15, 0.2) is 5.82 Å². The first-order chi connectivity index (χ1) is 11.5. The molecule has 2 aromatic rings. The second-order valence-electron chi connectivity index (χ2n) is 7.87. The van der Waals surface area contributed by atoms with Crippen molar-refractivity contribution in [1.82, 2.24) is 20.2 Å². The van der Waals surface area contributed by atoms with Crippen LogP contribution in [0.1, 0.15) is 46.6 Å². The number of esters is 1. The van der Waals surface area contributed by atoms with Crippen molar-refractivity contribution >= 4 is 5.97 Å². The van der Waals surface area contributed by atoms with E-state index >= 15 is 0 Å². The Labute approximate surface area is 148 Å². The van der Waals surface area contributed by atoms with Gasteiger partial charge >= 0.3 is 5.97 Å². The van der Waals surface area contributed by atoms with Crippen molar-refractivity contribution in [2.45, 2.75) is 52.7 Å². The monoisotopic (exact) mass is 345 g/mol. The van der Waals surface area contributed by atoms with Crippen molar-refractivity contribution in [2.75, 3.05) is 0 Å². The number of ether oxygens (including phenoxy) is 1. The maximum absolute atomic E-state index is 12.7. The van der Waals surface area contributed by atoms with E-state index in [-0.39, 0.29) is 11.5 Å². The Morgan fingerprint density at radius 2 is 1.84 bits per heavy atom. The van der Waals surface area contributed by atoms with Gasteiger partial charge in [-0.3, -0.25) is 0 Å². The number of nitrogens with zero attached hydrogens (tertiary/aromatic N) is 4. The minimum absolute atomic E-state index is 0.142. The van der Waals surface area contributed by atoms with Crippen LogP contribution in [0.3, 0.4) is 0 Å². The third-order valence-electron chi connectivity index (χ3n) is 3.79. The van der Waals surface area contributed by atoms with Gasteiger partial charge in [-0.05, 0) is 41.7 Å². The number of nitrogens with two attached hydrogens (primary N) is 1. The van der Waals surface area contributed by atoms with E-state index < -0.39 is 11.5 Å². The quantitative estimate of drug-likeness (QED) is 0.836. The molecule has 0 aliphatic carbocycles.